The minimum Gasteiger partial charge on any atom is -0.480 e. The topological polar surface area (TPSA) is 180 Å². The lowest BCUT2D eigenvalue weighted by atomic mass is 10.0. The number of amides is 4. The number of aliphatic carboxylic acids is 1. The van der Waals surface area contributed by atoms with E-state index < -0.39 is 48.2 Å². The van der Waals surface area contributed by atoms with E-state index in [0.29, 0.717) is 12.2 Å². The summed E-state index contributed by atoms with van der Waals surface area (Å²) in [5.74, 6) is -3.65. The molecule has 11 nitrogen and oxygen atoms in total. The Kier molecular flexibility index (Phi) is 11.3. The lowest BCUT2D eigenvalue weighted by Gasteiger charge is -2.26. The van der Waals surface area contributed by atoms with E-state index in [0.717, 1.165) is 13.0 Å². The van der Waals surface area contributed by atoms with Crippen LogP contribution in [0.15, 0.2) is 0 Å². The van der Waals surface area contributed by atoms with E-state index in [1.165, 1.54) is 11.8 Å². The van der Waals surface area contributed by atoms with Gasteiger partial charge in [-0.3, -0.25) is 19.2 Å². The van der Waals surface area contributed by atoms with Gasteiger partial charge in [0.1, 0.15) is 18.1 Å². The molecule has 0 aromatic rings. The lowest BCUT2D eigenvalue weighted by molar-refractivity contribution is -0.142. The highest BCUT2D eigenvalue weighted by molar-refractivity contribution is 7.98. The summed E-state index contributed by atoms with van der Waals surface area (Å²) in [6.45, 7) is 4.19. The second kappa shape index (κ2) is 13.2. The monoisotopic (exact) mass is 459 g/mol. The summed E-state index contributed by atoms with van der Waals surface area (Å²) in [4.78, 5) is 60.7. The van der Waals surface area contributed by atoms with Gasteiger partial charge in [-0.05, 0) is 43.7 Å². The number of carbonyl (C=O) groups excluding carboxylic acids is 4. The van der Waals surface area contributed by atoms with E-state index in [-0.39, 0.29) is 24.3 Å². The number of rotatable bonds is 13. The number of thioether (sulfide) groups is 1. The Labute approximate surface area is 186 Å². The van der Waals surface area contributed by atoms with Crippen LogP contribution in [-0.2, 0) is 24.0 Å². The lowest BCUT2D eigenvalue weighted by Crippen LogP contribution is -2.58. The fourth-order valence-corrected chi connectivity index (χ4v) is 3.61. The summed E-state index contributed by atoms with van der Waals surface area (Å²) >= 11 is 1.42. The molecule has 1 rings (SSSR count). The van der Waals surface area contributed by atoms with Crippen molar-refractivity contribution in [2.24, 2.45) is 11.7 Å². The fourth-order valence-electron chi connectivity index (χ4n) is 3.13. The van der Waals surface area contributed by atoms with E-state index in [9.17, 15) is 29.1 Å². The molecule has 0 aromatic carbocycles. The summed E-state index contributed by atoms with van der Waals surface area (Å²) < 4.78 is 0. The highest BCUT2D eigenvalue weighted by Gasteiger charge is 2.33. The summed E-state index contributed by atoms with van der Waals surface area (Å²) in [7, 11) is 0. The third-order valence-electron chi connectivity index (χ3n) is 4.89. The number of hydrogen-bond acceptors (Lipinski definition) is 7. The Morgan fingerprint density at radius 2 is 1.74 bits per heavy atom. The van der Waals surface area contributed by atoms with Crippen LogP contribution in [0.2, 0.25) is 0 Å². The number of carboxylic acid groups (broad SMARTS) is 1. The standard InChI is InChI=1S/C19H33N5O6S/c1-10(2)15(24-16(26)11-5-4-7-21-11)18(28)23-13(9-14(20)25)17(27)22-12(19(29)30)6-8-31-3/h10-13,15,21H,4-9H2,1-3H3,(H2,20,25)(H,22,27)(H,23,28)(H,24,26)(H,29,30). The van der Waals surface area contributed by atoms with Crippen molar-refractivity contribution in [1.29, 1.82) is 0 Å². The number of nitrogens with one attached hydrogen (secondary N) is 4. The molecule has 4 unspecified atom stereocenters. The van der Waals surface area contributed by atoms with Crippen molar-refractivity contribution in [1.82, 2.24) is 21.3 Å². The van der Waals surface area contributed by atoms with Crippen molar-refractivity contribution >= 4 is 41.4 Å². The van der Waals surface area contributed by atoms with E-state index in [2.05, 4.69) is 21.3 Å². The van der Waals surface area contributed by atoms with Gasteiger partial charge in [0.15, 0.2) is 0 Å². The molecule has 31 heavy (non-hydrogen) atoms. The Balaban J connectivity index is 2.87. The third kappa shape index (κ3) is 9.13. The smallest absolute Gasteiger partial charge is 0.326 e. The molecule has 1 fully saturated rings. The Bertz CT molecular complexity index is 668. The first-order valence-electron chi connectivity index (χ1n) is 10.2. The summed E-state index contributed by atoms with van der Waals surface area (Å²) in [5, 5.41) is 19.8. The molecule has 0 aliphatic carbocycles. The molecule has 0 bridgehead atoms. The van der Waals surface area contributed by atoms with Crippen LogP contribution < -0.4 is 27.0 Å². The van der Waals surface area contributed by atoms with Crippen molar-refractivity contribution in [3.63, 3.8) is 0 Å². The largest absolute Gasteiger partial charge is 0.480 e. The normalized spacial score (nSPS) is 18.6. The van der Waals surface area contributed by atoms with Gasteiger partial charge >= 0.3 is 5.97 Å². The zero-order chi connectivity index (χ0) is 23.6. The van der Waals surface area contributed by atoms with E-state index in [1.807, 2.05) is 0 Å². The fraction of sp³-hybridized carbons (Fsp3) is 0.737. The minimum atomic E-state index is -1.36. The third-order valence-corrected chi connectivity index (χ3v) is 5.53. The molecule has 0 aromatic heterocycles. The van der Waals surface area contributed by atoms with Gasteiger partial charge < -0.3 is 32.1 Å². The molecule has 1 aliphatic heterocycles. The van der Waals surface area contributed by atoms with Crippen molar-refractivity contribution in [2.75, 3.05) is 18.6 Å². The van der Waals surface area contributed by atoms with Crippen LogP contribution in [0, 0.1) is 5.92 Å². The van der Waals surface area contributed by atoms with Gasteiger partial charge in [-0.2, -0.15) is 11.8 Å². The molecule has 4 atom stereocenters. The number of carbonyl (C=O) groups is 5. The van der Waals surface area contributed by atoms with Crippen LogP contribution in [-0.4, -0.2) is 77.4 Å². The zero-order valence-corrected chi connectivity index (χ0v) is 18.9. The molecule has 1 aliphatic rings. The van der Waals surface area contributed by atoms with Crippen LogP contribution in [0.25, 0.3) is 0 Å². The molecule has 12 heteroatoms. The minimum absolute atomic E-state index is 0.179. The first-order chi connectivity index (χ1) is 14.6. The molecule has 0 spiro atoms. The highest BCUT2D eigenvalue weighted by atomic mass is 32.2. The second-order valence-electron chi connectivity index (χ2n) is 7.79. The second-order valence-corrected chi connectivity index (χ2v) is 8.78. The molecule has 176 valence electrons. The molecule has 1 saturated heterocycles. The maximum Gasteiger partial charge on any atom is 0.326 e. The van der Waals surface area contributed by atoms with Crippen LogP contribution in [0.3, 0.4) is 0 Å². The SMILES string of the molecule is CSCCC(NC(=O)C(CC(N)=O)NC(=O)C(NC(=O)C1CCCN1)C(C)C)C(=O)O. The van der Waals surface area contributed by atoms with Gasteiger partial charge in [0.2, 0.25) is 23.6 Å². The molecule has 4 amide bonds. The van der Waals surface area contributed by atoms with Gasteiger partial charge in [-0.25, -0.2) is 4.79 Å². The average molecular weight is 460 g/mol. The summed E-state index contributed by atoms with van der Waals surface area (Å²) in [5.41, 5.74) is 5.21. The van der Waals surface area contributed by atoms with Crippen molar-refractivity contribution in [3.8, 4) is 0 Å². The number of nitrogens with two attached hydrogens (primary N) is 1. The van der Waals surface area contributed by atoms with E-state index in [4.69, 9.17) is 5.73 Å². The van der Waals surface area contributed by atoms with Gasteiger partial charge in [0.25, 0.3) is 0 Å². The quantitative estimate of drug-likeness (QED) is 0.194. The average Bonchev–Trinajstić information content (AvgIpc) is 3.22. The first-order valence-corrected chi connectivity index (χ1v) is 11.6. The van der Waals surface area contributed by atoms with Gasteiger partial charge in [0, 0.05) is 0 Å². The summed E-state index contributed by atoms with van der Waals surface area (Å²) in [6.07, 6.45) is 3.00. The first kappa shape index (κ1) is 26.7. The van der Waals surface area contributed by atoms with Crippen molar-refractivity contribution < 1.29 is 29.1 Å². The summed E-state index contributed by atoms with van der Waals surface area (Å²) in [6, 6.07) is -3.85. The molecular weight excluding hydrogens is 426 g/mol. The predicted octanol–water partition coefficient (Wildman–Crippen LogP) is -1.44. The van der Waals surface area contributed by atoms with Crippen LogP contribution >= 0.6 is 11.8 Å². The van der Waals surface area contributed by atoms with Crippen molar-refractivity contribution in [3.05, 3.63) is 0 Å². The maximum atomic E-state index is 12.8. The predicted molar refractivity (Wildman–Crippen MR) is 116 cm³/mol. The highest BCUT2D eigenvalue weighted by Crippen LogP contribution is 2.09. The zero-order valence-electron chi connectivity index (χ0n) is 18.1. The molecule has 7 N–H and O–H groups in total. The molecule has 1 heterocycles. The van der Waals surface area contributed by atoms with Crippen LogP contribution in [0.1, 0.15) is 39.5 Å². The van der Waals surface area contributed by atoms with Gasteiger partial charge in [0.05, 0.1) is 12.5 Å². The number of hydrogen-bond donors (Lipinski definition) is 6. The van der Waals surface area contributed by atoms with Crippen LogP contribution in [0.4, 0.5) is 0 Å². The van der Waals surface area contributed by atoms with Crippen molar-refractivity contribution in [2.45, 2.75) is 63.7 Å². The van der Waals surface area contributed by atoms with E-state index in [1.54, 1.807) is 20.1 Å². The Morgan fingerprint density at radius 3 is 2.23 bits per heavy atom. The number of primary amides is 1. The molecule has 0 radical (unpaired) electrons. The number of carboxylic acids is 1. The van der Waals surface area contributed by atoms with Gasteiger partial charge in [-0.1, -0.05) is 13.8 Å². The van der Waals surface area contributed by atoms with E-state index >= 15 is 0 Å². The molecule has 0 saturated carbocycles. The molecular formula is C19H33N5O6S. The van der Waals surface area contributed by atoms with Crippen LogP contribution in [0.5, 0.6) is 0 Å². The Morgan fingerprint density at radius 1 is 1.10 bits per heavy atom. The van der Waals surface area contributed by atoms with Gasteiger partial charge in [-0.15, -0.1) is 0 Å². The maximum absolute atomic E-state index is 12.8. The Hall–Kier alpha value is -2.34.